The van der Waals surface area contributed by atoms with E-state index in [9.17, 15) is 19.5 Å². The van der Waals surface area contributed by atoms with Crippen molar-refractivity contribution < 1.29 is 28.8 Å². The van der Waals surface area contributed by atoms with Gasteiger partial charge in [-0.15, -0.1) is 35.3 Å². The van der Waals surface area contributed by atoms with Crippen LogP contribution in [0.5, 0.6) is 0 Å². The van der Waals surface area contributed by atoms with E-state index in [1.54, 1.807) is 23.5 Å². The number of likely N-dealkylation sites (tertiary alicyclic amines) is 1. The van der Waals surface area contributed by atoms with Gasteiger partial charge in [-0.1, -0.05) is 5.16 Å². The van der Waals surface area contributed by atoms with Crippen LogP contribution in [0, 0.1) is 0 Å². The second-order valence-electron chi connectivity index (χ2n) is 9.32. The highest BCUT2D eigenvalue weighted by Crippen LogP contribution is 2.42. The molecule has 4 aliphatic rings. The number of carboxylic acids is 1. The van der Waals surface area contributed by atoms with Crippen molar-refractivity contribution in [1.82, 2.24) is 19.6 Å². The molecule has 208 valence electrons. The highest BCUT2D eigenvalue weighted by atomic mass is 32.2. The molecule has 0 saturated carbocycles. The molecule has 17 heteroatoms. The Kier molecular flexibility index (Phi) is 8.23. The van der Waals surface area contributed by atoms with E-state index in [1.807, 2.05) is 6.21 Å². The van der Waals surface area contributed by atoms with Crippen LogP contribution in [-0.4, -0.2) is 108 Å². The van der Waals surface area contributed by atoms with E-state index in [0.29, 0.717) is 17.1 Å². The number of carbonyl (C=O) groups is 3. The fraction of sp³-hybridized carbons (Fsp3) is 0.500. The Bertz CT molecular complexity index is 1300. The molecule has 5 rings (SSSR count). The number of aliphatic carboxylic acids is 1. The van der Waals surface area contributed by atoms with E-state index in [1.165, 1.54) is 36.6 Å². The lowest BCUT2D eigenvalue weighted by atomic mass is 10.0. The molecule has 1 aromatic rings. The number of thioether (sulfide) groups is 3. The summed E-state index contributed by atoms with van der Waals surface area (Å²) in [6, 6.07) is -0.927. The van der Waals surface area contributed by atoms with E-state index in [4.69, 9.17) is 15.6 Å². The van der Waals surface area contributed by atoms with Gasteiger partial charge in [0.2, 0.25) is 17.4 Å². The number of nitrogens with zero attached hydrogens (tertiary/aromatic N) is 6. The molecule has 3 atom stereocenters. The predicted octanol–water partition coefficient (Wildman–Crippen LogP) is 1.13. The standard InChI is InChI=1S/C22H26N8O5S4/c1-30(5-3-4-6-30)12-10-37-13(7-24-12)36-8-11-9-38-20-15(19(32)29(20)16(11)21(33)34)25-18(31)14(27-35-2)17-26-22(23)39-28-17/h7,10,13,15,20H,3-6,8-9H2,1-2H3,(H3-,23,25,26,28,31,33,34)/p+1/b27-14-/t13?,15-,20?/m1/s1. The molecular formula is C22H27N8O5S4+. The first-order chi connectivity index (χ1) is 18.7. The van der Waals surface area contributed by atoms with Gasteiger partial charge in [0.1, 0.15) is 24.2 Å². The van der Waals surface area contributed by atoms with Crippen LogP contribution in [0.25, 0.3) is 0 Å². The van der Waals surface area contributed by atoms with Crippen LogP contribution in [0.3, 0.4) is 0 Å². The Hall–Kier alpha value is -2.60. The van der Waals surface area contributed by atoms with Crippen molar-refractivity contribution in [2.75, 3.05) is 44.5 Å². The normalized spacial score (nSPS) is 26.2. The third-order valence-corrected chi connectivity index (χ3v) is 11.1. The number of nitrogens with two attached hydrogens (primary N) is 1. The van der Waals surface area contributed by atoms with Crippen molar-refractivity contribution in [3.05, 3.63) is 28.3 Å². The number of aromatic nitrogens is 2. The van der Waals surface area contributed by atoms with Crippen LogP contribution in [0.4, 0.5) is 5.13 Å². The SMILES string of the molecule is CO/N=C(\C(=O)N[C@@H]1C(=O)N2C(C(=O)O)=C(CSC3C=NC([N+]4(C)CCCC4)=CS3)CSC12)c1nsc(N)n1. The van der Waals surface area contributed by atoms with Crippen LogP contribution in [-0.2, 0) is 19.2 Å². The van der Waals surface area contributed by atoms with Crippen molar-refractivity contribution >= 4 is 81.7 Å². The molecule has 39 heavy (non-hydrogen) atoms. The van der Waals surface area contributed by atoms with Crippen LogP contribution in [0.2, 0.25) is 0 Å². The number of quaternary nitrogens is 1. The van der Waals surface area contributed by atoms with E-state index in [-0.39, 0.29) is 26.9 Å². The van der Waals surface area contributed by atoms with Crippen molar-refractivity contribution in [3.63, 3.8) is 0 Å². The third-order valence-electron chi connectivity index (χ3n) is 6.75. The van der Waals surface area contributed by atoms with E-state index in [0.717, 1.165) is 34.9 Å². The summed E-state index contributed by atoms with van der Waals surface area (Å²) in [7, 11) is 3.47. The maximum Gasteiger partial charge on any atom is 0.352 e. The van der Waals surface area contributed by atoms with E-state index < -0.39 is 29.2 Å². The molecule has 0 spiro atoms. The highest BCUT2D eigenvalue weighted by molar-refractivity contribution is 8.19. The molecule has 2 saturated heterocycles. The Morgan fingerprint density at radius 1 is 1.38 bits per heavy atom. The molecule has 0 aliphatic carbocycles. The van der Waals surface area contributed by atoms with Crippen molar-refractivity contribution in [2.24, 2.45) is 10.1 Å². The first kappa shape index (κ1) is 27.9. The molecule has 0 radical (unpaired) electrons. The van der Waals surface area contributed by atoms with Crippen LogP contribution in [0.15, 0.2) is 32.6 Å². The molecule has 2 amide bonds. The monoisotopic (exact) mass is 611 g/mol. The minimum Gasteiger partial charge on any atom is -0.477 e. The molecule has 2 unspecified atom stereocenters. The van der Waals surface area contributed by atoms with Crippen LogP contribution in [0.1, 0.15) is 18.7 Å². The largest absolute Gasteiger partial charge is 0.477 e. The van der Waals surface area contributed by atoms with Crippen LogP contribution < -0.4 is 11.1 Å². The first-order valence-electron chi connectivity index (χ1n) is 12.0. The molecule has 4 aliphatic heterocycles. The number of carbonyl (C=O) groups excluding carboxylic acids is 2. The number of anilines is 1. The molecule has 4 N–H and O–H groups in total. The number of nitrogens with one attached hydrogen (secondary N) is 1. The first-order valence-corrected chi connectivity index (χ1v) is 15.8. The molecule has 5 heterocycles. The van der Waals surface area contributed by atoms with Gasteiger partial charge in [-0.2, -0.15) is 9.36 Å². The summed E-state index contributed by atoms with van der Waals surface area (Å²) in [5, 5.41) is 18.0. The number of oxime groups is 1. The molecular weight excluding hydrogens is 585 g/mol. The lowest BCUT2D eigenvalue weighted by molar-refractivity contribution is -0.860. The summed E-state index contributed by atoms with van der Waals surface area (Å²) in [5.74, 6) is -0.483. The summed E-state index contributed by atoms with van der Waals surface area (Å²) in [6.07, 6.45) is 4.34. The van der Waals surface area contributed by atoms with Gasteiger partial charge in [0, 0.05) is 42.1 Å². The zero-order valence-corrected chi connectivity index (χ0v) is 24.4. The van der Waals surface area contributed by atoms with Gasteiger partial charge in [0.05, 0.1) is 30.1 Å². The van der Waals surface area contributed by atoms with E-state index >= 15 is 0 Å². The molecule has 0 aromatic carbocycles. The number of carboxylic acid groups (broad SMARTS) is 1. The topological polar surface area (TPSA) is 172 Å². The number of hydrogen-bond acceptors (Lipinski definition) is 13. The maximum atomic E-state index is 13.0. The number of nitrogen functional groups attached to an aromatic ring is 1. The fourth-order valence-corrected chi connectivity index (χ4v) is 8.78. The van der Waals surface area contributed by atoms with Gasteiger partial charge in [0.25, 0.3) is 11.8 Å². The summed E-state index contributed by atoms with van der Waals surface area (Å²) in [6.45, 7) is 2.19. The molecule has 13 nitrogen and oxygen atoms in total. The number of hydrogen-bond donors (Lipinski definition) is 3. The Balaban J connectivity index is 1.23. The molecule has 0 bridgehead atoms. The number of amides is 2. The van der Waals surface area contributed by atoms with E-state index in [2.05, 4.69) is 32.3 Å². The Morgan fingerprint density at radius 2 is 2.15 bits per heavy atom. The number of β-lactam (4-membered cyclic amide) rings is 1. The average Bonchev–Trinajstić information content (AvgIpc) is 3.57. The quantitative estimate of drug-likeness (QED) is 0.158. The van der Waals surface area contributed by atoms with Crippen molar-refractivity contribution in [2.45, 2.75) is 28.8 Å². The minimum absolute atomic E-state index is 0.0226. The van der Waals surface area contributed by atoms with Gasteiger partial charge < -0.3 is 21.0 Å². The minimum atomic E-state index is -1.17. The highest BCUT2D eigenvalue weighted by Gasteiger charge is 2.54. The van der Waals surface area contributed by atoms with Crippen molar-refractivity contribution in [1.29, 1.82) is 0 Å². The van der Waals surface area contributed by atoms with Crippen LogP contribution >= 0.6 is 46.8 Å². The lowest BCUT2D eigenvalue weighted by Gasteiger charge is -2.49. The zero-order valence-electron chi connectivity index (χ0n) is 21.1. The Labute approximate surface area is 241 Å². The predicted molar refractivity (Wildman–Crippen MR) is 153 cm³/mol. The summed E-state index contributed by atoms with van der Waals surface area (Å²) in [4.78, 5) is 52.8. The van der Waals surface area contributed by atoms with Gasteiger partial charge in [-0.05, 0) is 5.57 Å². The summed E-state index contributed by atoms with van der Waals surface area (Å²) >= 11 is 5.56. The molecule has 1 aromatic heterocycles. The van der Waals surface area contributed by atoms with Gasteiger partial charge in [-0.25, -0.2) is 9.79 Å². The van der Waals surface area contributed by atoms with Crippen molar-refractivity contribution in [3.8, 4) is 0 Å². The summed E-state index contributed by atoms with van der Waals surface area (Å²) < 4.78 is 4.88. The third kappa shape index (κ3) is 5.54. The Morgan fingerprint density at radius 3 is 2.77 bits per heavy atom. The number of rotatable bonds is 9. The second-order valence-corrected chi connectivity index (χ2v) is 13.6. The van der Waals surface area contributed by atoms with Gasteiger partial charge >= 0.3 is 5.97 Å². The van der Waals surface area contributed by atoms with Gasteiger partial charge in [-0.3, -0.25) is 19.0 Å². The maximum absolute atomic E-state index is 13.0. The zero-order chi connectivity index (χ0) is 27.7. The lowest BCUT2D eigenvalue weighted by Crippen LogP contribution is -2.71. The van der Waals surface area contributed by atoms with Gasteiger partial charge in [0.15, 0.2) is 5.13 Å². The molecule has 2 fully saturated rings. The second kappa shape index (κ2) is 11.5. The average molecular weight is 612 g/mol. The summed E-state index contributed by atoms with van der Waals surface area (Å²) in [5.41, 5.74) is 6.02. The number of aliphatic imine (C=N–C) groups is 1. The fourth-order valence-electron chi connectivity index (χ4n) is 4.74. The smallest absolute Gasteiger partial charge is 0.352 e. The number of fused-ring (bicyclic) bond motifs is 1.